The number of rotatable bonds is 9. The third-order valence-electron chi connectivity index (χ3n) is 6.26. The molecule has 4 rings (SSSR count). The topological polar surface area (TPSA) is 120 Å². The average molecular weight is 526 g/mol. The van der Waals surface area contributed by atoms with Gasteiger partial charge in [-0.25, -0.2) is 9.37 Å². The number of carbonyl (C=O) groups is 2. The molecule has 11 heteroatoms. The Labute approximate surface area is 220 Å². The van der Waals surface area contributed by atoms with E-state index in [-0.39, 0.29) is 5.91 Å². The lowest BCUT2D eigenvalue weighted by Crippen LogP contribution is -2.58. The lowest BCUT2D eigenvalue weighted by molar-refractivity contribution is -0.129. The molecule has 1 unspecified atom stereocenters. The van der Waals surface area contributed by atoms with Crippen LogP contribution in [0.1, 0.15) is 24.2 Å². The highest BCUT2D eigenvalue weighted by molar-refractivity contribution is 5.94. The molecular weight excluding hydrogens is 493 g/mol. The van der Waals surface area contributed by atoms with Crippen LogP contribution in [0.15, 0.2) is 59.5 Å². The number of nitrogens with one attached hydrogen (secondary N) is 2. The van der Waals surface area contributed by atoms with Crippen LogP contribution in [0.2, 0.25) is 0 Å². The highest BCUT2D eigenvalue weighted by atomic mass is 19.1. The van der Waals surface area contributed by atoms with E-state index in [1.54, 1.807) is 35.4 Å². The van der Waals surface area contributed by atoms with Crippen molar-refractivity contribution in [3.05, 3.63) is 66.4 Å². The number of amides is 2. The summed E-state index contributed by atoms with van der Waals surface area (Å²) in [7, 11) is 1.52. The quantitative estimate of drug-likeness (QED) is 0.365. The summed E-state index contributed by atoms with van der Waals surface area (Å²) in [5, 5.41) is 16.2. The average Bonchev–Trinajstić information content (AvgIpc) is 3.43. The maximum absolute atomic E-state index is 13.5. The fourth-order valence-electron chi connectivity index (χ4n) is 4.47. The van der Waals surface area contributed by atoms with Crippen LogP contribution >= 0.6 is 0 Å². The summed E-state index contributed by atoms with van der Waals surface area (Å²) in [6, 6.07) is 10.8. The zero-order valence-corrected chi connectivity index (χ0v) is 21.6. The molecule has 1 fully saturated rings. The van der Waals surface area contributed by atoms with E-state index >= 15 is 0 Å². The van der Waals surface area contributed by atoms with Crippen LogP contribution < -0.4 is 15.4 Å². The smallest absolute Gasteiger partial charge is 0.270 e. The molecule has 1 atom stereocenters. The van der Waals surface area contributed by atoms with Crippen molar-refractivity contribution >= 4 is 17.5 Å². The summed E-state index contributed by atoms with van der Waals surface area (Å²) in [5.74, 6) is -0.182. The van der Waals surface area contributed by atoms with E-state index < -0.39 is 23.5 Å². The fourth-order valence-corrected chi connectivity index (χ4v) is 4.47. The Hall–Kier alpha value is -3.96. The van der Waals surface area contributed by atoms with Crippen molar-refractivity contribution in [2.24, 2.45) is 0 Å². The number of aromatic nitrogens is 1. The first-order valence-electron chi connectivity index (χ1n) is 12.3. The van der Waals surface area contributed by atoms with Crippen LogP contribution in [0.5, 0.6) is 5.75 Å². The van der Waals surface area contributed by atoms with Gasteiger partial charge in [0.2, 0.25) is 6.23 Å². The molecular formula is C27H32FN5O5. The van der Waals surface area contributed by atoms with Crippen LogP contribution in [0.25, 0.3) is 11.3 Å². The molecule has 2 aromatic carbocycles. The van der Waals surface area contributed by atoms with Crippen LogP contribution in [0.4, 0.5) is 10.1 Å². The number of ether oxygens (including phenoxy) is 1. The fraction of sp³-hybridized carbons (Fsp3) is 0.370. The molecule has 2 amide bonds. The summed E-state index contributed by atoms with van der Waals surface area (Å²) < 4.78 is 24.2. The van der Waals surface area contributed by atoms with Gasteiger partial charge in [-0.15, -0.1) is 0 Å². The van der Waals surface area contributed by atoms with Gasteiger partial charge in [0.25, 0.3) is 11.8 Å². The van der Waals surface area contributed by atoms with Gasteiger partial charge in [0.1, 0.15) is 11.6 Å². The van der Waals surface area contributed by atoms with Crippen LogP contribution in [0, 0.1) is 5.82 Å². The Kier molecular flexibility index (Phi) is 8.28. The largest absolute Gasteiger partial charge is 0.496 e. The van der Waals surface area contributed by atoms with Gasteiger partial charge >= 0.3 is 0 Å². The van der Waals surface area contributed by atoms with Gasteiger partial charge in [0.15, 0.2) is 12.2 Å². The van der Waals surface area contributed by atoms with Gasteiger partial charge in [-0.05, 0) is 44.2 Å². The van der Waals surface area contributed by atoms with Crippen molar-refractivity contribution in [1.29, 1.82) is 0 Å². The maximum atomic E-state index is 13.5. The molecule has 1 saturated heterocycles. The number of halogens is 1. The molecule has 10 nitrogen and oxygen atoms in total. The predicted octanol–water partition coefficient (Wildman–Crippen LogP) is 2.57. The number of aliphatic hydroxyl groups excluding tert-OH is 1. The minimum atomic E-state index is -1.49. The molecule has 3 N–H and O–H groups in total. The summed E-state index contributed by atoms with van der Waals surface area (Å²) in [6.07, 6.45) is 1.40. The van der Waals surface area contributed by atoms with E-state index in [1.165, 1.54) is 31.7 Å². The van der Waals surface area contributed by atoms with Crippen LogP contribution in [-0.2, 0) is 4.79 Å². The molecule has 0 aliphatic carbocycles. The normalized spacial score (nSPS) is 15.1. The number of benzene rings is 2. The second-order valence-corrected chi connectivity index (χ2v) is 9.78. The second-order valence-electron chi connectivity index (χ2n) is 9.78. The number of carbonyl (C=O) groups excluding carboxylic acids is 2. The van der Waals surface area contributed by atoms with Gasteiger partial charge in [0, 0.05) is 55.6 Å². The number of nitrogens with zero attached hydrogens (tertiary/aromatic N) is 3. The third-order valence-corrected chi connectivity index (χ3v) is 6.26. The number of hydrogen-bond donors (Lipinski definition) is 3. The standard InChI is InChI=1S/C27H32FN5O5/c1-27(2,16-32-9-11-33(12-10-32)26(36)18-5-4-6-19(28)13-18)31-25(35)24(34)30-20-7-8-21(22(14-20)37-3)23-15-29-17-38-23/h4-8,13-15,17,24,30,34H,9-12,16H2,1-3H3,(H,31,35). The number of methoxy groups -OCH3 is 1. The van der Waals surface area contributed by atoms with E-state index in [1.807, 2.05) is 13.8 Å². The first-order chi connectivity index (χ1) is 18.1. The molecule has 202 valence electrons. The number of piperazine rings is 1. The summed E-state index contributed by atoms with van der Waals surface area (Å²) in [6.45, 7) is 6.48. The minimum Gasteiger partial charge on any atom is -0.496 e. The van der Waals surface area contributed by atoms with Gasteiger partial charge < -0.3 is 29.8 Å². The van der Waals surface area contributed by atoms with Crippen molar-refractivity contribution in [2.45, 2.75) is 25.6 Å². The number of aliphatic hydroxyl groups is 1. The van der Waals surface area contributed by atoms with Gasteiger partial charge in [-0.1, -0.05) is 6.07 Å². The Bertz CT molecular complexity index is 1260. The third kappa shape index (κ3) is 6.67. The van der Waals surface area contributed by atoms with Crippen molar-refractivity contribution < 1.29 is 28.2 Å². The van der Waals surface area contributed by atoms with Gasteiger partial charge in [0.05, 0.1) is 18.9 Å². The van der Waals surface area contributed by atoms with Crippen molar-refractivity contribution in [3.63, 3.8) is 0 Å². The molecule has 0 saturated carbocycles. The van der Waals surface area contributed by atoms with Gasteiger partial charge in [-0.3, -0.25) is 14.5 Å². The van der Waals surface area contributed by atoms with E-state index in [9.17, 15) is 19.1 Å². The zero-order valence-electron chi connectivity index (χ0n) is 21.6. The SMILES string of the molecule is COc1cc(NC(O)C(=O)NC(C)(C)CN2CCN(C(=O)c3cccc(F)c3)CC2)ccc1-c1cnco1. The monoisotopic (exact) mass is 525 g/mol. The number of hydrogen-bond acceptors (Lipinski definition) is 8. The lowest BCUT2D eigenvalue weighted by Gasteiger charge is -2.39. The Morgan fingerprint density at radius 3 is 2.61 bits per heavy atom. The highest BCUT2D eigenvalue weighted by Crippen LogP contribution is 2.32. The molecule has 1 aromatic heterocycles. The van der Waals surface area contributed by atoms with Crippen molar-refractivity contribution in [1.82, 2.24) is 20.1 Å². The number of oxazole rings is 1. The van der Waals surface area contributed by atoms with E-state index in [4.69, 9.17) is 9.15 Å². The van der Waals surface area contributed by atoms with Crippen LogP contribution in [-0.4, -0.2) is 83.3 Å². The van der Waals surface area contributed by atoms with Crippen LogP contribution in [0.3, 0.4) is 0 Å². The first-order valence-corrected chi connectivity index (χ1v) is 12.3. The van der Waals surface area contributed by atoms with E-state index in [0.717, 1.165) is 0 Å². The molecule has 3 aromatic rings. The Morgan fingerprint density at radius 2 is 1.95 bits per heavy atom. The molecule has 0 bridgehead atoms. The van der Waals surface area contributed by atoms with Crippen molar-refractivity contribution in [2.75, 3.05) is 45.2 Å². The lowest BCUT2D eigenvalue weighted by atomic mass is 10.0. The summed E-state index contributed by atoms with van der Waals surface area (Å²) in [4.78, 5) is 33.2. The minimum absolute atomic E-state index is 0.198. The highest BCUT2D eigenvalue weighted by Gasteiger charge is 2.30. The Morgan fingerprint density at radius 1 is 1.18 bits per heavy atom. The summed E-state index contributed by atoms with van der Waals surface area (Å²) >= 11 is 0. The molecule has 38 heavy (non-hydrogen) atoms. The molecule has 1 aliphatic rings. The van der Waals surface area contributed by atoms with E-state index in [2.05, 4.69) is 20.5 Å². The molecule has 0 radical (unpaired) electrons. The Balaban J connectivity index is 1.28. The predicted molar refractivity (Wildman–Crippen MR) is 139 cm³/mol. The number of anilines is 1. The summed E-state index contributed by atoms with van der Waals surface area (Å²) in [5.41, 5.74) is 0.859. The zero-order chi connectivity index (χ0) is 27.3. The second kappa shape index (κ2) is 11.6. The van der Waals surface area contributed by atoms with Crippen molar-refractivity contribution in [3.8, 4) is 17.1 Å². The first kappa shape index (κ1) is 27.1. The van der Waals surface area contributed by atoms with E-state index in [0.29, 0.717) is 61.0 Å². The molecule has 0 spiro atoms. The van der Waals surface area contributed by atoms with Gasteiger partial charge in [-0.2, -0.15) is 0 Å². The molecule has 1 aliphatic heterocycles. The molecule has 2 heterocycles. The maximum Gasteiger partial charge on any atom is 0.270 e.